The number of aromatic amines is 1. The summed E-state index contributed by atoms with van der Waals surface area (Å²) >= 11 is 0. The van der Waals surface area contributed by atoms with Gasteiger partial charge in [0.25, 0.3) is 5.56 Å². The molecule has 0 saturated heterocycles. The average Bonchev–Trinajstić information content (AvgIpc) is 2.29. The molecule has 0 spiro atoms. The lowest BCUT2D eigenvalue weighted by Crippen LogP contribution is -2.17. The SMILES string of the molecule is O=C(O)c1ccc(-c2ccc(F)cn2)[nH]c1=O. The Bertz CT molecular complexity index is 619. The molecule has 0 unspecified atom stereocenters. The van der Waals surface area contributed by atoms with Crippen molar-refractivity contribution < 1.29 is 14.3 Å². The highest BCUT2D eigenvalue weighted by atomic mass is 19.1. The van der Waals surface area contributed by atoms with E-state index in [1.165, 1.54) is 24.3 Å². The summed E-state index contributed by atoms with van der Waals surface area (Å²) in [5, 5.41) is 8.68. The van der Waals surface area contributed by atoms with Crippen LogP contribution >= 0.6 is 0 Å². The average molecular weight is 234 g/mol. The van der Waals surface area contributed by atoms with Crippen LogP contribution in [0.3, 0.4) is 0 Å². The number of carboxylic acids is 1. The number of nitrogens with one attached hydrogen (secondary N) is 1. The molecule has 0 atom stereocenters. The Morgan fingerprint density at radius 2 is 2.06 bits per heavy atom. The van der Waals surface area contributed by atoms with Crippen molar-refractivity contribution in [3.8, 4) is 11.4 Å². The van der Waals surface area contributed by atoms with E-state index >= 15 is 0 Å². The molecule has 6 heteroatoms. The molecule has 0 bridgehead atoms. The predicted molar refractivity (Wildman–Crippen MR) is 57.2 cm³/mol. The van der Waals surface area contributed by atoms with Gasteiger partial charge in [-0.1, -0.05) is 0 Å². The van der Waals surface area contributed by atoms with Crippen LogP contribution in [-0.2, 0) is 0 Å². The van der Waals surface area contributed by atoms with Gasteiger partial charge in [-0.3, -0.25) is 9.78 Å². The predicted octanol–water partition coefficient (Wildman–Crippen LogP) is 1.27. The van der Waals surface area contributed by atoms with Gasteiger partial charge < -0.3 is 10.1 Å². The van der Waals surface area contributed by atoms with Crippen molar-refractivity contribution in [1.82, 2.24) is 9.97 Å². The minimum absolute atomic E-state index is 0.333. The van der Waals surface area contributed by atoms with E-state index in [0.29, 0.717) is 11.4 Å². The smallest absolute Gasteiger partial charge is 0.341 e. The molecule has 0 fully saturated rings. The molecule has 0 aromatic carbocycles. The fourth-order valence-electron chi connectivity index (χ4n) is 1.33. The lowest BCUT2D eigenvalue weighted by molar-refractivity contribution is 0.0695. The van der Waals surface area contributed by atoms with Crippen molar-refractivity contribution in [2.24, 2.45) is 0 Å². The van der Waals surface area contributed by atoms with Crippen LogP contribution in [0.5, 0.6) is 0 Å². The standard InChI is InChI=1S/C11H7FN2O3/c12-6-1-3-8(13-5-6)9-4-2-7(11(16)17)10(15)14-9/h1-5H,(H,14,15)(H,16,17). The van der Waals surface area contributed by atoms with Crippen molar-refractivity contribution in [3.63, 3.8) is 0 Å². The Labute approximate surface area is 94.6 Å². The molecule has 0 aliphatic heterocycles. The van der Waals surface area contributed by atoms with Gasteiger partial charge in [0.1, 0.15) is 11.4 Å². The molecule has 0 aliphatic carbocycles. The maximum atomic E-state index is 12.6. The molecule has 0 amide bonds. The van der Waals surface area contributed by atoms with Gasteiger partial charge in [0.05, 0.1) is 17.6 Å². The zero-order valence-electron chi connectivity index (χ0n) is 8.48. The lowest BCUT2D eigenvalue weighted by atomic mass is 10.2. The van der Waals surface area contributed by atoms with Gasteiger partial charge in [-0.25, -0.2) is 9.18 Å². The van der Waals surface area contributed by atoms with Crippen molar-refractivity contribution in [2.45, 2.75) is 0 Å². The molecule has 86 valence electrons. The first-order valence-electron chi connectivity index (χ1n) is 4.66. The van der Waals surface area contributed by atoms with Crippen LogP contribution in [0.2, 0.25) is 0 Å². The van der Waals surface area contributed by atoms with Crippen molar-refractivity contribution in [3.05, 3.63) is 52.2 Å². The number of hydrogen-bond donors (Lipinski definition) is 2. The number of nitrogens with zero attached hydrogens (tertiary/aromatic N) is 1. The molecule has 17 heavy (non-hydrogen) atoms. The largest absolute Gasteiger partial charge is 0.477 e. The normalized spacial score (nSPS) is 10.2. The second-order valence-electron chi connectivity index (χ2n) is 3.28. The van der Waals surface area contributed by atoms with E-state index in [0.717, 1.165) is 6.20 Å². The monoisotopic (exact) mass is 234 g/mol. The van der Waals surface area contributed by atoms with E-state index in [1.54, 1.807) is 0 Å². The summed E-state index contributed by atoms with van der Waals surface area (Å²) in [6.07, 6.45) is 1.01. The van der Waals surface area contributed by atoms with Gasteiger partial charge in [0, 0.05) is 0 Å². The number of rotatable bonds is 2. The number of pyridine rings is 2. The van der Waals surface area contributed by atoms with Gasteiger partial charge in [-0.15, -0.1) is 0 Å². The molecule has 2 N–H and O–H groups in total. The second-order valence-corrected chi connectivity index (χ2v) is 3.28. The highest BCUT2D eigenvalue weighted by Gasteiger charge is 2.09. The first-order valence-corrected chi connectivity index (χ1v) is 4.66. The first-order chi connectivity index (χ1) is 8.08. The molecule has 2 aromatic rings. The molecular weight excluding hydrogens is 227 g/mol. The van der Waals surface area contributed by atoms with Gasteiger partial charge >= 0.3 is 5.97 Å². The number of halogens is 1. The number of H-pyrrole nitrogens is 1. The summed E-state index contributed by atoms with van der Waals surface area (Å²) in [5.74, 6) is -1.79. The van der Waals surface area contributed by atoms with Gasteiger partial charge in [-0.2, -0.15) is 0 Å². The quantitative estimate of drug-likeness (QED) is 0.819. The van der Waals surface area contributed by atoms with Gasteiger partial charge in [0.15, 0.2) is 0 Å². The van der Waals surface area contributed by atoms with Crippen molar-refractivity contribution in [1.29, 1.82) is 0 Å². The van der Waals surface area contributed by atoms with Crippen molar-refractivity contribution in [2.75, 3.05) is 0 Å². The second kappa shape index (κ2) is 4.17. The third-order valence-electron chi connectivity index (χ3n) is 2.14. The maximum absolute atomic E-state index is 12.6. The van der Waals surface area contributed by atoms with E-state index < -0.39 is 17.3 Å². The minimum atomic E-state index is -1.30. The number of hydrogen-bond acceptors (Lipinski definition) is 3. The van der Waals surface area contributed by atoms with Gasteiger partial charge in [-0.05, 0) is 24.3 Å². The topological polar surface area (TPSA) is 83.0 Å². The lowest BCUT2D eigenvalue weighted by Gasteiger charge is -2.01. The van der Waals surface area contributed by atoms with Crippen LogP contribution in [0.1, 0.15) is 10.4 Å². The number of carboxylic acid groups (broad SMARTS) is 1. The fraction of sp³-hybridized carbons (Fsp3) is 0. The Morgan fingerprint density at radius 1 is 1.29 bits per heavy atom. The van der Waals surface area contributed by atoms with E-state index in [9.17, 15) is 14.0 Å². The maximum Gasteiger partial charge on any atom is 0.341 e. The summed E-state index contributed by atoms with van der Waals surface area (Å²) < 4.78 is 12.6. The molecule has 2 heterocycles. The molecule has 0 saturated carbocycles. The molecule has 2 aromatic heterocycles. The first kappa shape index (κ1) is 11.0. The van der Waals surface area contributed by atoms with Crippen LogP contribution in [0.25, 0.3) is 11.4 Å². The zero-order valence-corrected chi connectivity index (χ0v) is 8.48. The summed E-state index contributed by atoms with van der Waals surface area (Å²) in [5.41, 5.74) is -0.377. The summed E-state index contributed by atoms with van der Waals surface area (Å²) in [6.45, 7) is 0. The summed E-state index contributed by atoms with van der Waals surface area (Å²) in [4.78, 5) is 28.2. The summed E-state index contributed by atoms with van der Waals surface area (Å²) in [7, 11) is 0. The van der Waals surface area contributed by atoms with Crippen LogP contribution in [0, 0.1) is 5.82 Å². The van der Waals surface area contributed by atoms with Crippen LogP contribution in [0.15, 0.2) is 35.3 Å². The third-order valence-corrected chi connectivity index (χ3v) is 2.14. The Kier molecular flexibility index (Phi) is 2.70. The van der Waals surface area contributed by atoms with Gasteiger partial charge in [0.2, 0.25) is 0 Å². The summed E-state index contributed by atoms with van der Waals surface area (Å²) in [6, 6.07) is 5.18. The van der Waals surface area contributed by atoms with Crippen LogP contribution in [-0.4, -0.2) is 21.0 Å². The third kappa shape index (κ3) is 2.20. The Balaban J connectivity index is 2.48. The van der Waals surface area contributed by atoms with E-state index in [1.807, 2.05) is 0 Å². The highest BCUT2D eigenvalue weighted by Crippen LogP contribution is 2.12. The highest BCUT2D eigenvalue weighted by molar-refractivity contribution is 5.87. The van der Waals surface area contributed by atoms with Crippen LogP contribution in [0.4, 0.5) is 4.39 Å². The van der Waals surface area contributed by atoms with E-state index in [-0.39, 0.29) is 5.56 Å². The molecule has 0 aliphatic rings. The Hall–Kier alpha value is -2.50. The van der Waals surface area contributed by atoms with Crippen LogP contribution < -0.4 is 5.56 Å². The van der Waals surface area contributed by atoms with E-state index in [4.69, 9.17) is 5.11 Å². The fourth-order valence-corrected chi connectivity index (χ4v) is 1.33. The number of carbonyl (C=O) groups is 1. The number of aromatic nitrogens is 2. The molecule has 2 rings (SSSR count). The molecular formula is C11H7FN2O3. The molecule has 5 nitrogen and oxygen atoms in total. The Morgan fingerprint density at radius 3 is 2.59 bits per heavy atom. The minimum Gasteiger partial charge on any atom is -0.477 e. The van der Waals surface area contributed by atoms with E-state index in [2.05, 4.69) is 9.97 Å². The number of aromatic carboxylic acids is 1. The zero-order chi connectivity index (χ0) is 12.4. The van der Waals surface area contributed by atoms with Crippen molar-refractivity contribution >= 4 is 5.97 Å². The molecule has 0 radical (unpaired) electrons.